The van der Waals surface area contributed by atoms with Crippen molar-refractivity contribution in [2.45, 2.75) is 6.92 Å². The van der Waals surface area contributed by atoms with Gasteiger partial charge in [-0.3, -0.25) is 9.59 Å². The number of rotatable bonds is 4. The van der Waals surface area contributed by atoms with Gasteiger partial charge in [0, 0.05) is 11.1 Å². The van der Waals surface area contributed by atoms with Gasteiger partial charge in [-0.1, -0.05) is 0 Å². The molecule has 1 aromatic rings. The van der Waals surface area contributed by atoms with Crippen LogP contribution in [-0.4, -0.2) is 29.9 Å². The lowest BCUT2D eigenvalue weighted by Crippen LogP contribution is -2.36. The van der Waals surface area contributed by atoms with Gasteiger partial charge in [-0.15, -0.1) is 11.3 Å². The van der Waals surface area contributed by atoms with Crippen LogP contribution >= 0.6 is 11.3 Å². The van der Waals surface area contributed by atoms with E-state index in [-0.39, 0.29) is 24.9 Å². The molecule has 0 unspecified atom stereocenters. The third-order valence-electron chi connectivity index (χ3n) is 1.50. The molecule has 6 nitrogen and oxygen atoms in total. The second kappa shape index (κ2) is 5.42. The van der Waals surface area contributed by atoms with Crippen molar-refractivity contribution >= 4 is 28.3 Å². The molecule has 0 bridgehead atoms. The summed E-state index contributed by atoms with van der Waals surface area (Å²) in [4.78, 5) is 26.9. The minimum atomic E-state index is -0.361. The van der Waals surface area contributed by atoms with E-state index in [0.717, 1.165) is 4.88 Å². The molecule has 15 heavy (non-hydrogen) atoms. The largest absolute Gasteiger partial charge is 0.346 e. The Balaban J connectivity index is 2.33. The first-order valence-electron chi connectivity index (χ1n) is 4.31. The number of amides is 2. The number of anilines is 1. The zero-order valence-corrected chi connectivity index (χ0v) is 9.06. The first kappa shape index (κ1) is 11.6. The summed E-state index contributed by atoms with van der Waals surface area (Å²) in [5.74, 6) is -0.674. The highest BCUT2D eigenvalue weighted by atomic mass is 32.1. The standard InChI is InChI=1S/C8H12N4O2S/c1-5-3-11-8(15-5)12-7(14)4-10-6(13)2-9/h3H,2,4,9H2,1H3,(H,10,13)(H,11,12,14). The topological polar surface area (TPSA) is 97.1 Å². The van der Waals surface area contributed by atoms with E-state index in [1.54, 1.807) is 6.20 Å². The first-order valence-corrected chi connectivity index (χ1v) is 5.12. The number of hydrogen-bond acceptors (Lipinski definition) is 5. The highest BCUT2D eigenvalue weighted by Crippen LogP contribution is 2.15. The fraction of sp³-hybridized carbons (Fsp3) is 0.375. The molecule has 4 N–H and O–H groups in total. The molecule has 7 heteroatoms. The van der Waals surface area contributed by atoms with Gasteiger partial charge in [0.25, 0.3) is 0 Å². The van der Waals surface area contributed by atoms with Crippen LogP contribution < -0.4 is 16.4 Å². The Bertz CT molecular complexity index is 363. The van der Waals surface area contributed by atoms with Crippen molar-refractivity contribution in [3.05, 3.63) is 11.1 Å². The summed E-state index contributed by atoms with van der Waals surface area (Å²) in [6, 6.07) is 0. The summed E-state index contributed by atoms with van der Waals surface area (Å²) in [6.45, 7) is 1.68. The lowest BCUT2D eigenvalue weighted by Gasteiger charge is -2.02. The molecule has 0 fully saturated rings. The first-order chi connectivity index (χ1) is 7.11. The van der Waals surface area contributed by atoms with Crippen LogP contribution in [-0.2, 0) is 9.59 Å². The monoisotopic (exact) mass is 228 g/mol. The zero-order chi connectivity index (χ0) is 11.3. The Hall–Kier alpha value is -1.47. The van der Waals surface area contributed by atoms with Crippen molar-refractivity contribution < 1.29 is 9.59 Å². The summed E-state index contributed by atoms with van der Waals surface area (Å²) < 4.78 is 0. The number of nitrogens with zero attached hydrogens (tertiary/aromatic N) is 1. The Morgan fingerprint density at radius 2 is 2.27 bits per heavy atom. The lowest BCUT2D eigenvalue weighted by atomic mass is 10.5. The van der Waals surface area contributed by atoms with Crippen molar-refractivity contribution in [2.24, 2.45) is 5.73 Å². The molecule has 0 atom stereocenters. The highest BCUT2D eigenvalue weighted by molar-refractivity contribution is 7.15. The van der Waals surface area contributed by atoms with Gasteiger partial charge in [-0.25, -0.2) is 4.98 Å². The number of carbonyl (C=O) groups excluding carboxylic acids is 2. The number of aromatic nitrogens is 1. The van der Waals surface area contributed by atoms with E-state index in [1.165, 1.54) is 11.3 Å². The van der Waals surface area contributed by atoms with Crippen LogP contribution in [0.1, 0.15) is 4.88 Å². The molecule has 0 saturated carbocycles. The SMILES string of the molecule is Cc1cnc(NC(=O)CNC(=O)CN)s1. The van der Waals surface area contributed by atoms with Gasteiger partial charge in [0.05, 0.1) is 13.1 Å². The van der Waals surface area contributed by atoms with E-state index in [0.29, 0.717) is 5.13 Å². The number of nitrogens with two attached hydrogens (primary N) is 1. The summed E-state index contributed by atoms with van der Waals surface area (Å²) >= 11 is 1.38. The van der Waals surface area contributed by atoms with Gasteiger partial charge < -0.3 is 16.4 Å². The maximum Gasteiger partial charge on any atom is 0.245 e. The fourth-order valence-electron chi connectivity index (χ4n) is 0.827. The Kier molecular flexibility index (Phi) is 4.19. The van der Waals surface area contributed by atoms with Gasteiger partial charge in [-0.05, 0) is 6.92 Å². The number of thiazole rings is 1. The third-order valence-corrected chi connectivity index (χ3v) is 2.33. The number of carbonyl (C=O) groups is 2. The van der Waals surface area contributed by atoms with Crippen LogP contribution in [0.4, 0.5) is 5.13 Å². The van der Waals surface area contributed by atoms with Gasteiger partial charge in [0.2, 0.25) is 11.8 Å². The van der Waals surface area contributed by atoms with Crippen LogP contribution in [0.5, 0.6) is 0 Å². The molecule has 0 aliphatic carbocycles. The molecule has 0 aliphatic heterocycles. The average Bonchev–Trinajstić information content (AvgIpc) is 2.60. The number of aryl methyl sites for hydroxylation is 1. The van der Waals surface area contributed by atoms with Crippen LogP contribution in [0.2, 0.25) is 0 Å². The summed E-state index contributed by atoms with van der Waals surface area (Å²) in [5, 5.41) is 5.44. The summed E-state index contributed by atoms with van der Waals surface area (Å²) in [6.07, 6.45) is 1.67. The fourth-order valence-corrected chi connectivity index (χ4v) is 1.51. The van der Waals surface area contributed by atoms with Crippen LogP contribution in [0.3, 0.4) is 0 Å². The van der Waals surface area contributed by atoms with Crippen LogP contribution in [0, 0.1) is 6.92 Å². The lowest BCUT2D eigenvalue weighted by molar-refractivity contribution is -0.123. The van der Waals surface area contributed by atoms with E-state index in [9.17, 15) is 9.59 Å². The highest BCUT2D eigenvalue weighted by Gasteiger charge is 2.06. The van der Waals surface area contributed by atoms with Crippen molar-refractivity contribution in [3.63, 3.8) is 0 Å². The summed E-state index contributed by atoms with van der Waals surface area (Å²) in [7, 11) is 0. The second-order valence-electron chi connectivity index (χ2n) is 2.81. The minimum absolute atomic E-state index is 0.0886. The summed E-state index contributed by atoms with van der Waals surface area (Å²) in [5.41, 5.74) is 5.06. The molecule has 0 radical (unpaired) electrons. The smallest absolute Gasteiger partial charge is 0.245 e. The van der Waals surface area contributed by atoms with E-state index < -0.39 is 0 Å². The molecule has 1 rings (SSSR count). The van der Waals surface area contributed by atoms with E-state index >= 15 is 0 Å². The molecule has 82 valence electrons. The molecule has 0 saturated heterocycles. The molecule has 0 spiro atoms. The molecule has 0 aromatic carbocycles. The third kappa shape index (κ3) is 4.05. The van der Waals surface area contributed by atoms with E-state index in [4.69, 9.17) is 5.73 Å². The normalized spacial score (nSPS) is 9.73. The Morgan fingerprint density at radius 3 is 2.80 bits per heavy atom. The maximum atomic E-state index is 11.2. The zero-order valence-electron chi connectivity index (χ0n) is 8.24. The minimum Gasteiger partial charge on any atom is -0.346 e. The predicted octanol–water partition coefficient (Wildman–Crippen LogP) is -0.535. The van der Waals surface area contributed by atoms with E-state index in [1.807, 2.05) is 6.92 Å². The molecular formula is C8H12N4O2S. The second-order valence-corrected chi connectivity index (χ2v) is 4.04. The molecule has 1 aromatic heterocycles. The van der Waals surface area contributed by atoms with Crippen molar-refractivity contribution in [2.75, 3.05) is 18.4 Å². The van der Waals surface area contributed by atoms with Crippen LogP contribution in [0.25, 0.3) is 0 Å². The quantitative estimate of drug-likeness (QED) is 0.645. The maximum absolute atomic E-state index is 11.2. The Labute approximate surface area is 90.9 Å². The van der Waals surface area contributed by atoms with Gasteiger partial charge in [-0.2, -0.15) is 0 Å². The molecular weight excluding hydrogens is 216 g/mol. The van der Waals surface area contributed by atoms with Gasteiger partial charge >= 0.3 is 0 Å². The molecule has 2 amide bonds. The van der Waals surface area contributed by atoms with Crippen molar-refractivity contribution in [1.29, 1.82) is 0 Å². The predicted molar refractivity (Wildman–Crippen MR) is 57.5 cm³/mol. The van der Waals surface area contributed by atoms with Crippen molar-refractivity contribution in [3.8, 4) is 0 Å². The molecule has 0 aliphatic rings. The van der Waals surface area contributed by atoms with Gasteiger partial charge in [0.15, 0.2) is 5.13 Å². The van der Waals surface area contributed by atoms with E-state index in [2.05, 4.69) is 15.6 Å². The molecule has 1 heterocycles. The Morgan fingerprint density at radius 1 is 1.53 bits per heavy atom. The average molecular weight is 228 g/mol. The van der Waals surface area contributed by atoms with Crippen molar-refractivity contribution in [1.82, 2.24) is 10.3 Å². The van der Waals surface area contributed by atoms with Gasteiger partial charge in [0.1, 0.15) is 0 Å². The number of nitrogens with one attached hydrogen (secondary N) is 2. The van der Waals surface area contributed by atoms with Crippen LogP contribution in [0.15, 0.2) is 6.20 Å². The number of hydrogen-bond donors (Lipinski definition) is 3.